The quantitative estimate of drug-likeness (QED) is 0.587. The van der Waals surface area contributed by atoms with Crippen molar-refractivity contribution in [3.63, 3.8) is 0 Å². The fraction of sp³-hybridized carbons (Fsp3) is 0.318. The fourth-order valence-corrected chi connectivity index (χ4v) is 4.59. The number of aryl methyl sites for hydroxylation is 2. The predicted molar refractivity (Wildman–Crippen MR) is 114 cm³/mol. The standard InChI is InChI=1S/C22H21F3N4O2S/c1-14-5-3-4-6-17(14)29-19(22(23,24)25)16(13-26-29)20(30)27-9-11-28(12-10-27)21(31)18-8-7-15(2)32-18/h3-8,13H,9-12H2,1-2H3. The van der Waals surface area contributed by atoms with Crippen LogP contribution < -0.4 is 0 Å². The number of piperazine rings is 1. The summed E-state index contributed by atoms with van der Waals surface area (Å²) in [5.74, 6) is -0.866. The number of alkyl halides is 3. The Morgan fingerprint density at radius 2 is 1.56 bits per heavy atom. The van der Waals surface area contributed by atoms with Gasteiger partial charge in [0.1, 0.15) is 0 Å². The number of thiophene rings is 1. The maximum Gasteiger partial charge on any atom is 0.434 e. The largest absolute Gasteiger partial charge is 0.434 e. The minimum atomic E-state index is -4.77. The number of nitrogens with zero attached hydrogens (tertiary/aromatic N) is 4. The van der Waals surface area contributed by atoms with Gasteiger partial charge < -0.3 is 9.80 Å². The number of para-hydroxylation sites is 1. The Kier molecular flexibility index (Phi) is 5.81. The molecule has 32 heavy (non-hydrogen) atoms. The van der Waals surface area contributed by atoms with Crippen molar-refractivity contribution in [2.75, 3.05) is 26.2 Å². The third-order valence-corrected chi connectivity index (χ3v) is 6.41. The van der Waals surface area contributed by atoms with Gasteiger partial charge in [-0.05, 0) is 37.6 Å². The second-order valence-corrected chi connectivity index (χ2v) is 8.89. The number of carbonyl (C=O) groups excluding carboxylic acids is 2. The van der Waals surface area contributed by atoms with Crippen LogP contribution in [0.5, 0.6) is 0 Å². The van der Waals surface area contributed by atoms with Crippen molar-refractivity contribution in [1.29, 1.82) is 0 Å². The normalized spacial score (nSPS) is 14.7. The molecule has 0 radical (unpaired) electrons. The molecule has 1 fully saturated rings. The molecule has 0 aliphatic carbocycles. The van der Waals surface area contributed by atoms with Gasteiger partial charge in [-0.3, -0.25) is 9.59 Å². The summed E-state index contributed by atoms with van der Waals surface area (Å²) in [5, 5.41) is 3.90. The van der Waals surface area contributed by atoms with Crippen LogP contribution in [0.15, 0.2) is 42.6 Å². The number of hydrogen-bond donors (Lipinski definition) is 0. The summed E-state index contributed by atoms with van der Waals surface area (Å²) in [6.07, 6.45) is -3.79. The van der Waals surface area contributed by atoms with Crippen LogP contribution >= 0.6 is 11.3 Å². The van der Waals surface area contributed by atoms with Gasteiger partial charge in [0.2, 0.25) is 0 Å². The average molecular weight is 462 g/mol. The summed E-state index contributed by atoms with van der Waals surface area (Å²) in [6.45, 7) is 4.42. The second kappa shape index (κ2) is 8.42. The molecule has 0 saturated carbocycles. The van der Waals surface area contributed by atoms with Crippen LogP contribution in [0.2, 0.25) is 0 Å². The van der Waals surface area contributed by atoms with Crippen LogP contribution in [-0.2, 0) is 6.18 Å². The van der Waals surface area contributed by atoms with Crippen molar-refractivity contribution < 1.29 is 22.8 Å². The van der Waals surface area contributed by atoms with Crippen LogP contribution in [-0.4, -0.2) is 57.6 Å². The summed E-state index contributed by atoms with van der Waals surface area (Å²) < 4.78 is 42.7. The summed E-state index contributed by atoms with van der Waals surface area (Å²) in [7, 11) is 0. The van der Waals surface area contributed by atoms with E-state index in [-0.39, 0.29) is 37.8 Å². The smallest absolute Gasteiger partial charge is 0.335 e. The van der Waals surface area contributed by atoms with E-state index in [1.54, 1.807) is 36.1 Å². The van der Waals surface area contributed by atoms with Crippen molar-refractivity contribution in [1.82, 2.24) is 19.6 Å². The highest BCUT2D eigenvalue weighted by Gasteiger charge is 2.42. The monoisotopic (exact) mass is 462 g/mol. The highest BCUT2D eigenvalue weighted by molar-refractivity contribution is 7.13. The molecule has 10 heteroatoms. The highest BCUT2D eigenvalue weighted by atomic mass is 32.1. The van der Waals surface area contributed by atoms with Gasteiger partial charge in [0.15, 0.2) is 5.69 Å². The third kappa shape index (κ3) is 4.14. The number of halogens is 3. The van der Waals surface area contributed by atoms with Crippen LogP contribution in [0, 0.1) is 13.8 Å². The molecule has 0 N–H and O–H groups in total. The Labute approximate surface area is 186 Å². The first-order chi connectivity index (χ1) is 15.2. The number of benzene rings is 1. The zero-order chi connectivity index (χ0) is 23.0. The molecule has 4 rings (SSSR count). The van der Waals surface area contributed by atoms with Gasteiger partial charge in [-0.15, -0.1) is 11.3 Å². The predicted octanol–water partition coefficient (Wildman–Crippen LogP) is 4.17. The number of hydrogen-bond acceptors (Lipinski definition) is 4. The minimum Gasteiger partial charge on any atom is -0.335 e. The lowest BCUT2D eigenvalue weighted by molar-refractivity contribution is -0.143. The summed E-state index contributed by atoms with van der Waals surface area (Å²) >= 11 is 1.39. The van der Waals surface area contributed by atoms with E-state index < -0.39 is 23.3 Å². The van der Waals surface area contributed by atoms with Gasteiger partial charge in [-0.2, -0.15) is 18.3 Å². The minimum absolute atomic E-state index is 0.126. The second-order valence-electron chi connectivity index (χ2n) is 7.60. The Bertz CT molecular complexity index is 1160. The van der Waals surface area contributed by atoms with Gasteiger partial charge in [-0.25, -0.2) is 4.68 Å². The van der Waals surface area contributed by atoms with Crippen molar-refractivity contribution >= 4 is 23.2 Å². The zero-order valence-corrected chi connectivity index (χ0v) is 18.3. The molecule has 1 aliphatic rings. The Morgan fingerprint density at radius 1 is 0.938 bits per heavy atom. The highest BCUT2D eigenvalue weighted by Crippen LogP contribution is 2.35. The third-order valence-electron chi connectivity index (χ3n) is 5.42. The van der Waals surface area contributed by atoms with Gasteiger partial charge in [0.05, 0.1) is 22.3 Å². The molecule has 1 aliphatic heterocycles. The van der Waals surface area contributed by atoms with E-state index in [0.717, 1.165) is 15.8 Å². The summed E-state index contributed by atoms with van der Waals surface area (Å²) in [5.41, 5.74) is -0.713. The molecule has 0 spiro atoms. The maximum absolute atomic E-state index is 14.0. The molecule has 2 aromatic heterocycles. The van der Waals surface area contributed by atoms with E-state index in [9.17, 15) is 22.8 Å². The Balaban J connectivity index is 1.55. The van der Waals surface area contributed by atoms with Crippen molar-refractivity contribution in [2.45, 2.75) is 20.0 Å². The Morgan fingerprint density at radius 3 is 2.12 bits per heavy atom. The van der Waals surface area contributed by atoms with E-state index in [2.05, 4.69) is 5.10 Å². The SMILES string of the molecule is Cc1ccc(C(=O)N2CCN(C(=O)c3cnn(-c4ccccc4C)c3C(F)(F)F)CC2)s1. The molecular weight excluding hydrogens is 441 g/mol. The lowest BCUT2D eigenvalue weighted by atomic mass is 10.1. The number of carbonyl (C=O) groups is 2. The van der Waals surface area contributed by atoms with Crippen molar-refractivity contribution in [2.24, 2.45) is 0 Å². The molecule has 1 saturated heterocycles. The van der Waals surface area contributed by atoms with Gasteiger partial charge in [0, 0.05) is 31.1 Å². The number of amides is 2. The topological polar surface area (TPSA) is 58.4 Å². The molecule has 168 valence electrons. The zero-order valence-electron chi connectivity index (χ0n) is 17.5. The van der Waals surface area contributed by atoms with E-state index in [1.165, 1.54) is 22.3 Å². The molecule has 3 heterocycles. The lowest BCUT2D eigenvalue weighted by Crippen LogP contribution is -2.50. The molecule has 1 aromatic carbocycles. The van der Waals surface area contributed by atoms with Crippen molar-refractivity contribution in [3.8, 4) is 5.69 Å². The van der Waals surface area contributed by atoms with Crippen molar-refractivity contribution in [3.05, 3.63) is 69.2 Å². The van der Waals surface area contributed by atoms with Gasteiger partial charge in [-0.1, -0.05) is 18.2 Å². The number of aromatic nitrogens is 2. The molecule has 0 bridgehead atoms. The molecule has 3 aromatic rings. The molecule has 6 nitrogen and oxygen atoms in total. The van der Waals surface area contributed by atoms with Gasteiger partial charge >= 0.3 is 6.18 Å². The first kappa shape index (κ1) is 22.1. The Hall–Kier alpha value is -3.14. The number of rotatable bonds is 3. The van der Waals surface area contributed by atoms with Gasteiger partial charge in [0.25, 0.3) is 11.8 Å². The first-order valence-electron chi connectivity index (χ1n) is 10.0. The van der Waals surface area contributed by atoms with E-state index >= 15 is 0 Å². The molecule has 0 unspecified atom stereocenters. The van der Waals surface area contributed by atoms with Crippen LogP contribution in [0.4, 0.5) is 13.2 Å². The molecular formula is C22H21F3N4O2S. The molecule has 2 amide bonds. The summed E-state index contributed by atoms with van der Waals surface area (Å²) in [6, 6.07) is 10.2. The van der Waals surface area contributed by atoms with E-state index in [1.807, 2.05) is 13.0 Å². The average Bonchev–Trinajstić information content (AvgIpc) is 3.40. The molecule has 0 atom stereocenters. The summed E-state index contributed by atoms with van der Waals surface area (Å²) in [4.78, 5) is 30.2. The van der Waals surface area contributed by atoms with Crippen LogP contribution in [0.25, 0.3) is 5.69 Å². The fourth-order valence-electron chi connectivity index (χ4n) is 3.75. The first-order valence-corrected chi connectivity index (χ1v) is 10.8. The maximum atomic E-state index is 14.0. The van der Waals surface area contributed by atoms with Crippen LogP contribution in [0.3, 0.4) is 0 Å². The van der Waals surface area contributed by atoms with E-state index in [0.29, 0.717) is 10.4 Å². The lowest BCUT2D eigenvalue weighted by Gasteiger charge is -2.34. The van der Waals surface area contributed by atoms with E-state index in [4.69, 9.17) is 0 Å². The van der Waals surface area contributed by atoms with Crippen LogP contribution in [0.1, 0.15) is 36.2 Å².